The number of nitrogens with zero attached hydrogens (tertiary/aromatic N) is 2. The molecule has 4 heteroatoms. The van der Waals surface area contributed by atoms with Crippen LogP contribution in [-0.2, 0) is 0 Å². The Morgan fingerprint density at radius 3 is 2.08 bits per heavy atom. The fourth-order valence-electron chi connectivity index (χ4n) is 4.77. The molecule has 0 saturated carbocycles. The maximum absolute atomic E-state index is 13.0. The number of hydrogen-bond donors (Lipinski definition) is 0. The monoisotopic (exact) mass is 492 g/mol. The molecule has 3 aromatic carbocycles. The predicted octanol–water partition coefficient (Wildman–Crippen LogP) is 4.29. The van der Waals surface area contributed by atoms with Gasteiger partial charge in [-0.3, -0.25) is 4.79 Å². The molecule has 0 amide bonds. The minimum atomic E-state index is -0.0498. The van der Waals surface area contributed by atoms with E-state index in [1.54, 1.807) is 17.3 Å². The lowest BCUT2D eigenvalue weighted by atomic mass is 10.0. The molecular formula is C34H24N2O2. The number of allylic oxidation sites excluding steroid dienone is 4. The maximum Gasteiger partial charge on any atom is 0.249 e. The highest BCUT2D eigenvalue weighted by Crippen LogP contribution is 2.22. The molecule has 4 nitrogen and oxygen atoms in total. The van der Waals surface area contributed by atoms with Gasteiger partial charge < -0.3 is 10.0 Å². The molecule has 0 saturated heterocycles. The molecule has 2 heterocycles. The van der Waals surface area contributed by atoms with Crippen molar-refractivity contribution in [1.29, 1.82) is 0 Å². The van der Waals surface area contributed by atoms with Gasteiger partial charge in [0, 0.05) is 30.2 Å². The summed E-state index contributed by atoms with van der Waals surface area (Å²) in [6.45, 7) is 0. The molecule has 0 unspecified atom stereocenters. The predicted molar refractivity (Wildman–Crippen MR) is 146 cm³/mol. The zero-order valence-corrected chi connectivity index (χ0v) is 20.6. The number of fused-ring (bicyclic) bond motifs is 2. The zero-order chi connectivity index (χ0) is 25.9. The highest BCUT2D eigenvalue weighted by molar-refractivity contribution is 6.00. The largest absolute Gasteiger partial charge is 0.871 e. The number of ketones is 1. The molecule has 0 bridgehead atoms. The average molecular weight is 493 g/mol. The summed E-state index contributed by atoms with van der Waals surface area (Å²) in [6, 6.07) is 30.9. The Hall–Kier alpha value is -5.22. The number of aromatic nitrogens is 1. The van der Waals surface area contributed by atoms with Gasteiger partial charge in [-0.1, -0.05) is 84.6 Å². The molecule has 0 radical (unpaired) electrons. The number of hydrogen-bond acceptors (Lipinski definition) is 3. The highest BCUT2D eigenvalue weighted by atomic mass is 16.3. The molecule has 1 aromatic heterocycles. The van der Waals surface area contributed by atoms with Crippen molar-refractivity contribution in [2.75, 3.05) is 0 Å². The third-order valence-corrected chi connectivity index (χ3v) is 6.61. The van der Waals surface area contributed by atoms with Gasteiger partial charge in [0.05, 0.1) is 10.8 Å². The molecule has 4 aromatic rings. The van der Waals surface area contributed by atoms with E-state index in [9.17, 15) is 9.90 Å². The van der Waals surface area contributed by atoms with Gasteiger partial charge in [0.2, 0.25) is 17.3 Å². The van der Waals surface area contributed by atoms with Gasteiger partial charge in [-0.05, 0) is 52.3 Å². The summed E-state index contributed by atoms with van der Waals surface area (Å²) >= 11 is 0. The van der Waals surface area contributed by atoms with Crippen LogP contribution in [0.3, 0.4) is 0 Å². The Morgan fingerprint density at radius 2 is 1.37 bits per heavy atom. The molecule has 0 fully saturated rings. The van der Waals surface area contributed by atoms with E-state index in [2.05, 4.69) is 24.3 Å². The Morgan fingerprint density at radius 1 is 0.737 bits per heavy atom. The maximum atomic E-state index is 13.0. The summed E-state index contributed by atoms with van der Waals surface area (Å²) in [5.41, 5.74) is 4.47. The van der Waals surface area contributed by atoms with Gasteiger partial charge in [-0.25, -0.2) is 0 Å². The van der Waals surface area contributed by atoms with E-state index in [-0.39, 0.29) is 11.5 Å². The summed E-state index contributed by atoms with van der Waals surface area (Å²) < 4.78 is 1.92. The summed E-state index contributed by atoms with van der Waals surface area (Å²) in [5, 5.41) is 15.7. The quantitative estimate of drug-likeness (QED) is 0.237. The molecule has 0 atom stereocenters. The molecule has 38 heavy (non-hydrogen) atoms. The summed E-state index contributed by atoms with van der Waals surface area (Å²) in [5.74, 6) is -0.0981. The minimum Gasteiger partial charge on any atom is -0.871 e. The molecule has 0 spiro atoms. The molecule has 2 aliphatic rings. The molecule has 6 rings (SSSR count). The van der Waals surface area contributed by atoms with Crippen LogP contribution in [0, 0.1) is 16.8 Å². The van der Waals surface area contributed by atoms with Gasteiger partial charge in [0.1, 0.15) is 0 Å². The Labute approximate surface area is 220 Å². The van der Waals surface area contributed by atoms with Crippen molar-refractivity contribution in [3.8, 4) is 0 Å². The topological polar surface area (TPSA) is 49.3 Å². The molecule has 0 N–H and O–H groups in total. The van der Waals surface area contributed by atoms with Gasteiger partial charge in [-0.15, -0.1) is 0 Å². The number of benzene rings is 3. The number of carbonyl (C=O) groups excluding carboxylic acids is 1. The van der Waals surface area contributed by atoms with Crippen molar-refractivity contribution in [3.63, 3.8) is 0 Å². The zero-order valence-electron chi connectivity index (χ0n) is 20.6. The second-order valence-electron chi connectivity index (χ2n) is 9.08. The summed E-state index contributed by atoms with van der Waals surface area (Å²) in [4.78, 5) is 14.7. The highest BCUT2D eigenvalue weighted by Gasteiger charge is 2.18. The van der Waals surface area contributed by atoms with Gasteiger partial charge in [0.15, 0.2) is 6.20 Å². The van der Waals surface area contributed by atoms with E-state index in [1.807, 2.05) is 114 Å². The SMILES string of the molecule is O=C(C=[n+]1cccc2c1=c1ccccc1=C2C=C1C=CN(C=C([O-])c2ccccc2)C=C1)c1ccccc1. The van der Waals surface area contributed by atoms with Gasteiger partial charge in [0.25, 0.3) is 0 Å². The van der Waals surface area contributed by atoms with E-state index in [1.165, 1.54) is 0 Å². The molecule has 182 valence electrons. The molecule has 1 aliphatic heterocycles. The van der Waals surface area contributed by atoms with Crippen LogP contribution in [0.4, 0.5) is 0 Å². The Balaban J connectivity index is 1.37. The minimum absolute atomic E-state index is 0.0483. The first-order valence-corrected chi connectivity index (χ1v) is 12.4. The molecular weight excluding hydrogens is 468 g/mol. The van der Waals surface area contributed by atoms with E-state index in [0.717, 1.165) is 32.5 Å². The van der Waals surface area contributed by atoms with E-state index < -0.39 is 0 Å². The lowest BCUT2D eigenvalue weighted by Gasteiger charge is -2.20. The number of rotatable bonds is 5. The number of pyridine rings is 1. The van der Waals surface area contributed by atoms with Crippen LogP contribution in [0.25, 0.3) is 11.3 Å². The van der Waals surface area contributed by atoms with Crippen LogP contribution < -0.4 is 14.6 Å². The van der Waals surface area contributed by atoms with Crippen LogP contribution in [-0.4, -0.2) is 10.7 Å². The van der Waals surface area contributed by atoms with Crippen LogP contribution >= 0.6 is 0 Å². The fourth-order valence-corrected chi connectivity index (χ4v) is 4.77. The first-order valence-electron chi connectivity index (χ1n) is 12.4. The van der Waals surface area contributed by atoms with E-state index in [0.29, 0.717) is 11.1 Å². The standard InChI is InChI=1S/C34H24N2O2/c37-32(26-10-3-1-4-11-26)23-35-20-17-25(18-21-35)22-31-28-14-7-8-15-29(28)34-30(31)16-9-19-36(34)24-33(38)27-12-5-2-6-13-27/h1-24H. The average Bonchev–Trinajstić information content (AvgIpc) is 3.29. The second kappa shape index (κ2) is 10.0. The van der Waals surface area contributed by atoms with Crippen molar-refractivity contribution in [1.82, 2.24) is 4.90 Å². The summed E-state index contributed by atoms with van der Waals surface area (Å²) in [6.07, 6.45) is 15.0. The Bertz CT molecular complexity index is 1870. The van der Waals surface area contributed by atoms with Crippen molar-refractivity contribution < 1.29 is 14.1 Å². The third-order valence-electron chi connectivity index (χ3n) is 6.61. The van der Waals surface area contributed by atoms with Gasteiger partial charge >= 0.3 is 0 Å². The first-order chi connectivity index (χ1) is 18.7. The van der Waals surface area contributed by atoms with E-state index >= 15 is 0 Å². The smallest absolute Gasteiger partial charge is 0.249 e. The van der Waals surface area contributed by atoms with Crippen molar-refractivity contribution in [2.24, 2.45) is 0 Å². The van der Waals surface area contributed by atoms with Crippen LogP contribution in [0.1, 0.15) is 21.5 Å². The van der Waals surface area contributed by atoms with Crippen LogP contribution in [0.5, 0.6) is 0 Å². The van der Waals surface area contributed by atoms with Crippen molar-refractivity contribution in [3.05, 3.63) is 184 Å². The van der Waals surface area contributed by atoms with Crippen LogP contribution in [0.2, 0.25) is 0 Å². The number of carbonyl (C=O) groups is 1. The Kier molecular flexibility index (Phi) is 6.12. The van der Waals surface area contributed by atoms with Crippen LogP contribution in [0.15, 0.2) is 146 Å². The van der Waals surface area contributed by atoms with Crippen molar-refractivity contribution >= 4 is 17.1 Å². The van der Waals surface area contributed by atoms with E-state index in [4.69, 9.17) is 0 Å². The van der Waals surface area contributed by atoms with Gasteiger partial charge in [-0.2, -0.15) is 4.24 Å². The molecule has 1 aliphatic carbocycles. The lowest BCUT2D eigenvalue weighted by molar-refractivity contribution is -0.517. The first kappa shape index (κ1) is 23.2. The number of Topliss-reactive ketones (excluding diaryl/α,β-unsaturated/α-hetero) is 1. The fraction of sp³-hybridized carbons (Fsp3) is 0. The third kappa shape index (κ3) is 4.51. The lowest BCUT2D eigenvalue weighted by Crippen LogP contribution is -2.23. The normalized spacial score (nSPS) is 14.5. The summed E-state index contributed by atoms with van der Waals surface area (Å²) in [7, 11) is 0. The second-order valence-corrected chi connectivity index (χ2v) is 9.08. The van der Waals surface area contributed by atoms with Crippen molar-refractivity contribution in [2.45, 2.75) is 0 Å².